The highest BCUT2D eigenvalue weighted by molar-refractivity contribution is 6.00. The number of esters is 1. The molecule has 3 rings (SSSR count). The minimum Gasteiger partial charge on any atom is -0.508 e. The number of amides is 1. The van der Waals surface area contributed by atoms with E-state index in [9.17, 15) is 19.8 Å². The van der Waals surface area contributed by atoms with Crippen LogP contribution in [0.2, 0.25) is 0 Å². The van der Waals surface area contributed by atoms with Crippen LogP contribution in [0, 0.1) is 0 Å². The monoisotopic (exact) mass is 472 g/mol. The lowest BCUT2D eigenvalue weighted by atomic mass is 10.00. The maximum absolute atomic E-state index is 12.6. The summed E-state index contributed by atoms with van der Waals surface area (Å²) in [5.74, 6) is -1.45. The third-order valence-corrected chi connectivity index (χ3v) is 5.40. The van der Waals surface area contributed by atoms with Gasteiger partial charge in [-0.15, -0.1) is 0 Å². The fourth-order valence-electron chi connectivity index (χ4n) is 3.94. The molecule has 0 saturated carbocycles. The van der Waals surface area contributed by atoms with Gasteiger partial charge in [-0.1, -0.05) is 23.4 Å². The van der Waals surface area contributed by atoms with Gasteiger partial charge in [-0.2, -0.15) is 0 Å². The Morgan fingerprint density at radius 3 is 2.59 bits per heavy atom. The van der Waals surface area contributed by atoms with Crippen molar-refractivity contribution in [1.29, 1.82) is 0 Å². The number of cyclic esters (lactones) is 1. The van der Waals surface area contributed by atoms with Crippen molar-refractivity contribution in [3.05, 3.63) is 47.6 Å². The summed E-state index contributed by atoms with van der Waals surface area (Å²) >= 11 is 0. The van der Waals surface area contributed by atoms with E-state index in [4.69, 9.17) is 14.3 Å². The molecular formula is C25H32N2O7. The highest BCUT2D eigenvalue weighted by Crippen LogP contribution is 2.29. The van der Waals surface area contributed by atoms with Crippen LogP contribution in [0.1, 0.15) is 49.0 Å². The van der Waals surface area contributed by atoms with Crippen LogP contribution in [0.15, 0.2) is 41.6 Å². The zero-order valence-corrected chi connectivity index (χ0v) is 19.6. The third kappa shape index (κ3) is 7.34. The van der Waals surface area contributed by atoms with Gasteiger partial charge in [-0.25, -0.2) is 4.79 Å². The van der Waals surface area contributed by atoms with Gasteiger partial charge in [0.1, 0.15) is 17.1 Å². The van der Waals surface area contributed by atoms with Crippen molar-refractivity contribution >= 4 is 17.6 Å². The van der Waals surface area contributed by atoms with E-state index >= 15 is 0 Å². The number of ether oxygens (including phenoxy) is 2. The van der Waals surface area contributed by atoms with Gasteiger partial charge in [0.25, 0.3) is 5.91 Å². The average Bonchev–Trinajstić information content (AvgIpc) is 2.76. The number of fused-ring (bicyclic) bond motifs is 1. The van der Waals surface area contributed by atoms with Crippen LogP contribution in [0.3, 0.4) is 0 Å². The number of aromatic hydroxyl groups is 2. The van der Waals surface area contributed by atoms with E-state index in [1.807, 2.05) is 32.1 Å². The number of rotatable bonds is 3. The molecule has 2 heterocycles. The summed E-state index contributed by atoms with van der Waals surface area (Å²) in [5, 5.41) is 24.4. The summed E-state index contributed by atoms with van der Waals surface area (Å²) in [7, 11) is 0. The first-order chi connectivity index (χ1) is 16.3. The van der Waals surface area contributed by atoms with Gasteiger partial charge < -0.3 is 29.4 Å². The minimum absolute atomic E-state index is 0.0349. The average molecular weight is 473 g/mol. The van der Waals surface area contributed by atoms with E-state index < -0.39 is 5.97 Å². The van der Waals surface area contributed by atoms with E-state index in [1.54, 1.807) is 11.0 Å². The van der Waals surface area contributed by atoms with Crippen molar-refractivity contribution in [2.24, 2.45) is 5.16 Å². The topological polar surface area (TPSA) is 118 Å². The molecule has 1 fully saturated rings. The third-order valence-electron chi connectivity index (χ3n) is 5.40. The number of hydrogen-bond acceptors (Lipinski definition) is 8. The van der Waals surface area contributed by atoms with Gasteiger partial charge in [0, 0.05) is 25.6 Å². The van der Waals surface area contributed by atoms with Gasteiger partial charge >= 0.3 is 5.97 Å². The van der Waals surface area contributed by atoms with Crippen LogP contribution >= 0.6 is 0 Å². The molecule has 0 spiro atoms. The molecule has 2 atom stereocenters. The first-order valence-corrected chi connectivity index (χ1v) is 11.5. The second kappa shape index (κ2) is 12.2. The normalized spacial score (nSPS) is 25.1. The Morgan fingerprint density at radius 1 is 1.12 bits per heavy atom. The summed E-state index contributed by atoms with van der Waals surface area (Å²) in [6.07, 6.45) is 9.73. The van der Waals surface area contributed by atoms with E-state index in [0.717, 1.165) is 18.9 Å². The number of morpholine rings is 1. The molecule has 1 saturated heterocycles. The summed E-state index contributed by atoms with van der Waals surface area (Å²) < 4.78 is 10.9. The fraction of sp³-hybridized carbons (Fsp3) is 0.480. The molecular weight excluding hydrogens is 440 g/mol. The number of hydrogen-bond donors (Lipinski definition) is 2. The van der Waals surface area contributed by atoms with Crippen molar-refractivity contribution in [2.75, 3.05) is 26.3 Å². The molecule has 9 nitrogen and oxygen atoms in total. The van der Waals surface area contributed by atoms with Gasteiger partial charge in [-0.05, 0) is 50.8 Å². The van der Waals surface area contributed by atoms with Crippen LogP contribution in [-0.4, -0.2) is 71.2 Å². The Balaban J connectivity index is 1.79. The number of oxime groups is 1. The summed E-state index contributed by atoms with van der Waals surface area (Å²) in [5.41, 5.74) is 0.730. The molecule has 1 aromatic carbocycles. The molecule has 0 aliphatic carbocycles. The van der Waals surface area contributed by atoms with Crippen molar-refractivity contribution < 1.29 is 34.1 Å². The maximum atomic E-state index is 12.6. The lowest BCUT2D eigenvalue weighted by Gasteiger charge is -2.35. The van der Waals surface area contributed by atoms with Crippen molar-refractivity contribution in [3.63, 3.8) is 0 Å². The molecule has 2 unspecified atom stereocenters. The second-order valence-corrected chi connectivity index (χ2v) is 8.46. The summed E-state index contributed by atoms with van der Waals surface area (Å²) in [4.78, 5) is 32.2. The number of carbonyl (C=O) groups is 2. The number of benzene rings is 1. The van der Waals surface area contributed by atoms with Gasteiger partial charge in [0.15, 0.2) is 6.61 Å². The van der Waals surface area contributed by atoms with E-state index in [0.29, 0.717) is 30.8 Å². The van der Waals surface area contributed by atoms with Crippen molar-refractivity contribution in [1.82, 2.24) is 4.90 Å². The van der Waals surface area contributed by atoms with E-state index in [2.05, 4.69) is 5.16 Å². The molecule has 2 aliphatic heterocycles. The number of phenolic OH excluding ortho intramolecular Hbond substituents is 2. The standard InChI is InChI=1S/C25H32N2O7/c1-17-14-27(15-18(2)34-17)23(30)16-33-26-20-9-7-5-3-4-6-8-10-32-25(31)24-19(11-20)12-21(28)13-22(24)29/h4,6-7,9,12-13,17-18,28-29H,3,5,8,10-11,14-16H2,1-2H3/b6-4+,9-7+,26-20+. The molecule has 2 aliphatic rings. The Hall–Kier alpha value is -3.33. The highest BCUT2D eigenvalue weighted by atomic mass is 16.6. The van der Waals surface area contributed by atoms with Crippen LogP contribution in [0.5, 0.6) is 11.5 Å². The van der Waals surface area contributed by atoms with Crippen LogP contribution < -0.4 is 0 Å². The Bertz CT molecular complexity index is 960. The molecule has 0 radical (unpaired) electrons. The lowest BCUT2D eigenvalue weighted by molar-refractivity contribution is -0.147. The van der Waals surface area contributed by atoms with Crippen LogP contribution in [0.25, 0.3) is 0 Å². The first-order valence-electron chi connectivity index (χ1n) is 11.5. The largest absolute Gasteiger partial charge is 0.508 e. The molecule has 0 bridgehead atoms. The van der Waals surface area contributed by atoms with Gasteiger partial charge in [-0.3, -0.25) is 4.79 Å². The maximum Gasteiger partial charge on any atom is 0.342 e. The van der Waals surface area contributed by atoms with Crippen LogP contribution in [0.4, 0.5) is 0 Å². The number of nitrogens with zero attached hydrogens (tertiary/aromatic N) is 2. The highest BCUT2D eigenvalue weighted by Gasteiger charge is 2.26. The Labute approximate surface area is 199 Å². The Morgan fingerprint density at radius 2 is 1.82 bits per heavy atom. The summed E-state index contributed by atoms with van der Waals surface area (Å²) in [6.45, 7) is 4.75. The van der Waals surface area contributed by atoms with E-state index in [-0.39, 0.29) is 54.8 Å². The quantitative estimate of drug-likeness (QED) is 0.394. The Kier molecular flexibility index (Phi) is 9.09. The molecule has 2 N–H and O–H groups in total. The SMILES string of the molecule is CC1CN(C(=O)CO/N=C2\C=C\CC/C=C/CCOC(=O)c3c(O)cc(O)cc3C2)CC(C)O1. The summed E-state index contributed by atoms with van der Waals surface area (Å²) in [6, 6.07) is 2.47. The molecule has 1 aromatic rings. The lowest BCUT2D eigenvalue weighted by Crippen LogP contribution is -2.49. The fourth-order valence-corrected chi connectivity index (χ4v) is 3.94. The van der Waals surface area contributed by atoms with E-state index in [1.165, 1.54) is 6.07 Å². The molecule has 34 heavy (non-hydrogen) atoms. The minimum atomic E-state index is -0.687. The van der Waals surface area contributed by atoms with Gasteiger partial charge in [0.05, 0.1) is 24.5 Å². The van der Waals surface area contributed by atoms with Crippen LogP contribution in [-0.2, 0) is 25.5 Å². The molecule has 1 amide bonds. The smallest absolute Gasteiger partial charge is 0.342 e. The molecule has 184 valence electrons. The number of phenols is 2. The molecule has 0 aromatic heterocycles. The number of carbonyl (C=O) groups excluding carboxylic acids is 2. The van der Waals surface area contributed by atoms with Gasteiger partial charge in [0.2, 0.25) is 0 Å². The molecule has 9 heteroatoms. The first kappa shape index (κ1) is 25.3. The van der Waals surface area contributed by atoms with Crippen molar-refractivity contribution in [3.8, 4) is 11.5 Å². The zero-order valence-electron chi connectivity index (χ0n) is 19.6. The zero-order chi connectivity index (χ0) is 24.5. The predicted octanol–water partition coefficient (Wildman–Crippen LogP) is 3.10. The predicted molar refractivity (Wildman–Crippen MR) is 126 cm³/mol. The van der Waals surface area contributed by atoms with Crippen molar-refractivity contribution in [2.45, 2.75) is 51.7 Å². The second-order valence-electron chi connectivity index (χ2n) is 8.46. The number of allylic oxidation sites excluding steroid dienone is 3.